The summed E-state index contributed by atoms with van der Waals surface area (Å²) in [6.45, 7) is 1.38. The Morgan fingerprint density at radius 1 is 1.17 bits per heavy atom. The van der Waals surface area contributed by atoms with Crippen LogP contribution in [0.4, 0.5) is 24.0 Å². The molecule has 0 aliphatic carbocycles. The molecule has 1 atom stereocenters. The second kappa shape index (κ2) is 7.52. The fraction of sp³-hybridized carbons (Fsp3) is 0.200. The van der Waals surface area contributed by atoms with Gasteiger partial charge in [0.25, 0.3) is 5.91 Å². The number of halogens is 3. The molecule has 10 heteroatoms. The van der Waals surface area contributed by atoms with Crippen LogP contribution in [0.1, 0.15) is 6.92 Å². The molecule has 0 N–H and O–H groups in total. The van der Waals surface area contributed by atoms with Crippen molar-refractivity contribution in [1.29, 1.82) is 0 Å². The van der Waals surface area contributed by atoms with Crippen molar-refractivity contribution in [2.24, 2.45) is 16.0 Å². The topological polar surface area (TPSA) is 67.2 Å². The van der Waals surface area contributed by atoms with E-state index in [4.69, 9.17) is 4.74 Å². The van der Waals surface area contributed by atoms with Crippen LogP contribution in [0, 0.1) is 5.92 Å². The number of hydrogen-bond donors (Lipinski definition) is 0. The van der Waals surface area contributed by atoms with E-state index in [0.29, 0.717) is 17.0 Å². The van der Waals surface area contributed by atoms with Gasteiger partial charge in [-0.3, -0.25) is 9.79 Å². The lowest BCUT2D eigenvalue weighted by atomic mass is 9.97. The highest BCUT2D eigenvalue weighted by Gasteiger charge is 2.52. The standard InChI is InChI=1S/C20H15F3N4O2S/c1-11(24-12-7-9-13(29-2)10-8-12)16-17(20(21,22)23)26-27(18(16)28)19-25-14-5-3-4-6-15(14)30-19/h3-10,16H,1-2H3. The Morgan fingerprint density at radius 3 is 2.50 bits per heavy atom. The highest BCUT2D eigenvalue weighted by molar-refractivity contribution is 7.22. The van der Waals surface area contributed by atoms with Crippen molar-refractivity contribution in [3.8, 4) is 5.75 Å². The van der Waals surface area contributed by atoms with Crippen LogP contribution in [0.2, 0.25) is 0 Å². The molecule has 0 radical (unpaired) electrons. The van der Waals surface area contributed by atoms with Gasteiger partial charge in [-0.2, -0.15) is 23.3 Å². The number of hydrogen-bond acceptors (Lipinski definition) is 6. The molecule has 0 saturated heterocycles. The second-order valence-corrected chi connectivity index (χ2v) is 7.49. The lowest BCUT2D eigenvalue weighted by molar-refractivity contribution is -0.119. The van der Waals surface area contributed by atoms with Gasteiger partial charge in [0.15, 0.2) is 5.71 Å². The average Bonchev–Trinajstić information content (AvgIpc) is 3.29. The van der Waals surface area contributed by atoms with Gasteiger partial charge in [0.05, 0.1) is 23.0 Å². The van der Waals surface area contributed by atoms with Crippen molar-refractivity contribution in [1.82, 2.24) is 4.98 Å². The summed E-state index contributed by atoms with van der Waals surface area (Å²) in [6, 6.07) is 13.5. The highest BCUT2D eigenvalue weighted by Crippen LogP contribution is 2.36. The zero-order valence-corrected chi connectivity index (χ0v) is 16.7. The number of benzene rings is 2. The van der Waals surface area contributed by atoms with Gasteiger partial charge in [0.2, 0.25) is 5.13 Å². The van der Waals surface area contributed by atoms with E-state index in [1.54, 1.807) is 48.5 Å². The number of aliphatic imine (C=N–C) groups is 1. The van der Waals surface area contributed by atoms with E-state index < -0.39 is 23.7 Å². The minimum Gasteiger partial charge on any atom is -0.497 e. The Labute approximate surface area is 173 Å². The maximum absolute atomic E-state index is 13.7. The minimum atomic E-state index is -4.79. The van der Waals surface area contributed by atoms with Gasteiger partial charge in [-0.05, 0) is 43.3 Å². The molecule has 154 valence electrons. The Morgan fingerprint density at radius 2 is 1.87 bits per heavy atom. The Bertz CT molecular complexity index is 1140. The van der Waals surface area contributed by atoms with E-state index in [2.05, 4.69) is 15.1 Å². The van der Waals surface area contributed by atoms with Gasteiger partial charge in [0.1, 0.15) is 11.7 Å². The Kier molecular flexibility index (Phi) is 5.02. The van der Waals surface area contributed by atoms with Crippen molar-refractivity contribution in [3.05, 3.63) is 48.5 Å². The van der Waals surface area contributed by atoms with Crippen LogP contribution < -0.4 is 9.75 Å². The zero-order valence-electron chi connectivity index (χ0n) is 15.8. The first-order valence-corrected chi connectivity index (χ1v) is 9.64. The van der Waals surface area contributed by atoms with Gasteiger partial charge in [-0.25, -0.2) is 4.98 Å². The number of para-hydroxylation sites is 1. The molecule has 3 aromatic rings. The van der Waals surface area contributed by atoms with E-state index in [1.807, 2.05) is 0 Å². The smallest absolute Gasteiger partial charge is 0.432 e. The summed E-state index contributed by atoms with van der Waals surface area (Å²) in [5.74, 6) is -1.89. The monoisotopic (exact) mass is 432 g/mol. The van der Waals surface area contributed by atoms with Crippen LogP contribution in [0.5, 0.6) is 5.75 Å². The quantitative estimate of drug-likeness (QED) is 0.546. The van der Waals surface area contributed by atoms with Crippen LogP contribution in [-0.2, 0) is 4.79 Å². The van der Waals surface area contributed by atoms with Crippen LogP contribution >= 0.6 is 11.3 Å². The third-order valence-corrected chi connectivity index (χ3v) is 5.50. The van der Waals surface area contributed by atoms with Crippen molar-refractivity contribution in [3.63, 3.8) is 0 Å². The van der Waals surface area contributed by atoms with Crippen LogP contribution in [0.3, 0.4) is 0 Å². The number of amides is 1. The van der Waals surface area contributed by atoms with Crippen molar-refractivity contribution >= 4 is 49.7 Å². The molecule has 6 nitrogen and oxygen atoms in total. The lowest BCUT2D eigenvalue weighted by Crippen LogP contribution is -2.37. The summed E-state index contributed by atoms with van der Waals surface area (Å²) in [7, 11) is 1.50. The van der Waals surface area contributed by atoms with Gasteiger partial charge in [0, 0.05) is 5.71 Å². The summed E-state index contributed by atoms with van der Waals surface area (Å²) >= 11 is 1.10. The number of aromatic nitrogens is 1. The molecule has 0 saturated carbocycles. The predicted molar refractivity (Wildman–Crippen MR) is 110 cm³/mol. The number of thiazole rings is 1. The maximum Gasteiger partial charge on any atom is 0.432 e. The second-order valence-electron chi connectivity index (χ2n) is 6.48. The number of fused-ring (bicyclic) bond motifs is 1. The molecular weight excluding hydrogens is 417 g/mol. The first-order chi connectivity index (χ1) is 14.3. The Balaban J connectivity index is 1.72. The third kappa shape index (κ3) is 3.65. The average molecular weight is 432 g/mol. The largest absolute Gasteiger partial charge is 0.497 e. The normalized spacial score (nSPS) is 17.6. The first kappa shape index (κ1) is 20.0. The summed E-state index contributed by atoms with van der Waals surface area (Å²) < 4.78 is 46.8. The van der Waals surface area contributed by atoms with Gasteiger partial charge < -0.3 is 4.74 Å². The molecule has 1 aliphatic rings. The lowest BCUT2D eigenvalue weighted by Gasteiger charge is -2.14. The molecule has 1 unspecified atom stereocenters. The Hall–Kier alpha value is -3.27. The first-order valence-electron chi connectivity index (χ1n) is 8.82. The van der Waals surface area contributed by atoms with E-state index in [0.717, 1.165) is 21.0 Å². The van der Waals surface area contributed by atoms with Gasteiger partial charge in [-0.15, -0.1) is 0 Å². The van der Waals surface area contributed by atoms with Crippen molar-refractivity contribution < 1.29 is 22.7 Å². The van der Waals surface area contributed by atoms with E-state index in [9.17, 15) is 18.0 Å². The van der Waals surface area contributed by atoms with E-state index in [-0.39, 0.29) is 10.8 Å². The molecule has 1 amide bonds. The van der Waals surface area contributed by atoms with Crippen LogP contribution in [0.25, 0.3) is 10.2 Å². The number of anilines is 1. The maximum atomic E-state index is 13.7. The SMILES string of the molecule is COc1ccc(N=C(C)C2C(=O)N(c3nc4ccccc4s3)N=C2C(F)(F)F)cc1. The number of ether oxygens (including phenoxy) is 1. The number of carbonyl (C=O) groups excluding carboxylic acids is 1. The summed E-state index contributed by atoms with van der Waals surface area (Å²) in [6.07, 6.45) is -4.79. The summed E-state index contributed by atoms with van der Waals surface area (Å²) in [5, 5.41) is 4.41. The molecule has 0 fully saturated rings. The number of alkyl halides is 3. The zero-order chi connectivity index (χ0) is 21.5. The van der Waals surface area contributed by atoms with Crippen molar-refractivity contribution in [2.45, 2.75) is 13.1 Å². The molecule has 0 spiro atoms. The van der Waals surface area contributed by atoms with Gasteiger partial charge >= 0.3 is 6.18 Å². The van der Waals surface area contributed by atoms with Crippen LogP contribution in [0.15, 0.2) is 58.6 Å². The summed E-state index contributed by atoms with van der Waals surface area (Å²) in [4.78, 5) is 21.4. The van der Waals surface area contributed by atoms with Crippen LogP contribution in [-0.4, -0.2) is 35.6 Å². The summed E-state index contributed by atoms with van der Waals surface area (Å²) in [5.41, 5.74) is -0.228. The minimum absolute atomic E-state index is 0.00940. The van der Waals surface area contributed by atoms with Gasteiger partial charge in [-0.1, -0.05) is 23.5 Å². The third-order valence-electron chi connectivity index (χ3n) is 4.49. The van der Waals surface area contributed by atoms with E-state index in [1.165, 1.54) is 14.0 Å². The fourth-order valence-corrected chi connectivity index (χ4v) is 3.99. The molecular formula is C20H15F3N4O2S. The number of hydrazone groups is 1. The number of carbonyl (C=O) groups is 1. The van der Waals surface area contributed by atoms with Crippen molar-refractivity contribution in [2.75, 3.05) is 12.1 Å². The molecule has 1 aliphatic heterocycles. The number of rotatable bonds is 4. The molecule has 0 bridgehead atoms. The fourth-order valence-electron chi connectivity index (χ4n) is 3.06. The van der Waals surface area contributed by atoms with E-state index >= 15 is 0 Å². The molecule has 30 heavy (non-hydrogen) atoms. The number of methoxy groups -OCH3 is 1. The molecule has 2 aromatic carbocycles. The number of nitrogens with zero attached hydrogens (tertiary/aromatic N) is 4. The predicted octanol–water partition coefficient (Wildman–Crippen LogP) is 4.98. The molecule has 1 aromatic heterocycles. The highest BCUT2D eigenvalue weighted by atomic mass is 32.1. The molecule has 4 rings (SSSR count). The molecule has 2 heterocycles.